The standard InChI is InChI=1S/C12H15NO2/c1-15-10-6-4-9(5-7-10)12(14)11-3-2-8-13-11/h4-7,11,13H,2-3,8H2,1H3. The fourth-order valence-corrected chi connectivity index (χ4v) is 1.86. The summed E-state index contributed by atoms with van der Waals surface area (Å²) in [7, 11) is 1.62. The highest BCUT2D eigenvalue weighted by atomic mass is 16.5. The maximum Gasteiger partial charge on any atom is 0.179 e. The largest absolute Gasteiger partial charge is 0.497 e. The SMILES string of the molecule is COc1ccc(C(=O)C2CCCN2)cc1. The third-order valence-corrected chi connectivity index (χ3v) is 2.75. The van der Waals surface area contributed by atoms with E-state index in [0.717, 1.165) is 30.7 Å². The molecule has 15 heavy (non-hydrogen) atoms. The molecule has 3 heteroatoms. The van der Waals surface area contributed by atoms with Gasteiger partial charge >= 0.3 is 0 Å². The van der Waals surface area contributed by atoms with Gasteiger partial charge in [0.1, 0.15) is 5.75 Å². The van der Waals surface area contributed by atoms with E-state index in [2.05, 4.69) is 5.32 Å². The molecule has 1 N–H and O–H groups in total. The van der Waals surface area contributed by atoms with Crippen LogP contribution < -0.4 is 10.1 Å². The van der Waals surface area contributed by atoms with Crippen LogP contribution in [0.5, 0.6) is 5.75 Å². The van der Waals surface area contributed by atoms with Gasteiger partial charge in [-0.05, 0) is 43.7 Å². The number of ether oxygens (including phenoxy) is 1. The van der Waals surface area contributed by atoms with E-state index in [-0.39, 0.29) is 11.8 Å². The van der Waals surface area contributed by atoms with Crippen molar-refractivity contribution in [3.8, 4) is 5.75 Å². The summed E-state index contributed by atoms with van der Waals surface area (Å²) >= 11 is 0. The van der Waals surface area contributed by atoms with Crippen molar-refractivity contribution >= 4 is 5.78 Å². The van der Waals surface area contributed by atoms with Crippen LogP contribution >= 0.6 is 0 Å². The van der Waals surface area contributed by atoms with E-state index >= 15 is 0 Å². The Kier molecular flexibility index (Phi) is 3.02. The van der Waals surface area contributed by atoms with E-state index in [4.69, 9.17) is 4.74 Å². The van der Waals surface area contributed by atoms with Crippen molar-refractivity contribution in [2.24, 2.45) is 0 Å². The molecule has 0 spiro atoms. The van der Waals surface area contributed by atoms with Crippen molar-refractivity contribution in [3.05, 3.63) is 29.8 Å². The van der Waals surface area contributed by atoms with Gasteiger partial charge in [0.05, 0.1) is 13.2 Å². The van der Waals surface area contributed by atoms with Crippen molar-refractivity contribution in [2.75, 3.05) is 13.7 Å². The number of hydrogen-bond donors (Lipinski definition) is 1. The third-order valence-electron chi connectivity index (χ3n) is 2.75. The Balaban J connectivity index is 2.11. The summed E-state index contributed by atoms with van der Waals surface area (Å²) < 4.78 is 5.05. The molecule has 0 saturated carbocycles. The number of Topliss-reactive ketones (excluding diaryl/α,β-unsaturated/α-hetero) is 1. The van der Waals surface area contributed by atoms with Gasteiger partial charge in [0.2, 0.25) is 0 Å². The highest BCUT2D eigenvalue weighted by Gasteiger charge is 2.22. The first-order valence-corrected chi connectivity index (χ1v) is 5.23. The van der Waals surface area contributed by atoms with Gasteiger partial charge in [0.25, 0.3) is 0 Å². The van der Waals surface area contributed by atoms with E-state index in [1.54, 1.807) is 7.11 Å². The van der Waals surface area contributed by atoms with Crippen LogP contribution in [0.25, 0.3) is 0 Å². The molecule has 2 rings (SSSR count). The van der Waals surface area contributed by atoms with E-state index in [0.29, 0.717) is 0 Å². The summed E-state index contributed by atoms with van der Waals surface area (Å²) in [4.78, 5) is 11.9. The Labute approximate surface area is 89.4 Å². The molecule has 0 bridgehead atoms. The molecular weight excluding hydrogens is 190 g/mol. The lowest BCUT2D eigenvalue weighted by Gasteiger charge is -2.09. The molecule has 0 amide bonds. The first-order chi connectivity index (χ1) is 7.31. The van der Waals surface area contributed by atoms with Gasteiger partial charge in [-0.25, -0.2) is 0 Å². The second-order valence-corrected chi connectivity index (χ2v) is 3.74. The molecule has 1 aliphatic rings. The van der Waals surface area contributed by atoms with E-state index in [1.807, 2.05) is 24.3 Å². The number of hydrogen-bond acceptors (Lipinski definition) is 3. The maximum atomic E-state index is 11.9. The number of benzene rings is 1. The van der Waals surface area contributed by atoms with E-state index in [9.17, 15) is 4.79 Å². The van der Waals surface area contributed by atoms with E-state index < -0.39 is 0 Å². The monoisotopic (exact) mass is 205 g/mol. The van der Waals surface area contributed by atoms with Crippen molar-refractivity contribution in [3.63, 3.8) is 0 Å². The number of rotatable bonds is 3. The average Bonchev–Trinajstić information content (AvgIpc) is 2.82. The number of ketones is 1. The molecule has 1 fully saturated rings. The normalized spacial score (nSPS) is 20.2. The summed E-state index contributed by atoms with van der Waals surface area (Å²) in [5.74, 6) is 0.973. The minimum absolute atomic E-state index is 0.0124. The summed E-state index contributed by atoms with van der Waals surface area (Å²) in [5.41, 5.74) is 0.759. The highest BCUT2D eigenvalue weighted by Crippen LogP contribution is 2.15. The van der Waals surface area contributed by atoms with Crippen molar-refractivity contribution in [1.29, 1.82) is 0 Å². The summed E-state index contributed by atoms with van der Waals surface area (Å²) in [5, 5.41) is 3.20. The Morgan fingerprint density at radius 2 is 2.13 bits per heavy atom. The zero-order valence-electron chi connectivity index (χ0n) is 8.82. The zero-order valence-corrected chi connectivity index (χ0v) is 8.82. The second-order valence-electron chi connectivity index (χ2n) is 3.74. The van der Waals surface area contributed by atoms with Gasteiger partial charge < -0.3 is 10.1 Å². The molecule has 80 valence electrons. The van der Waals surface area contributed by atoms with Gasteiger partial charge in [-0.1, -0.05) is 0 Å². The lowest BCUT2D eigenvalue weighted by atomic mass is 10.0. The Morgan fingerprint density at radius 1 is 1.40 bits per heavy atom. The van der Waals surface area contributed by atoms with Crippen LogP contribution in [0.4, 0.5) is 0 Å². The Bertz CT molecular complexity index is 339. The van der Waals surface area contributed by atoms with Crippen LogP contribution in [0, 0.1) is 0 Å². The maximum absolute atomic E-state index is 11.9. The topological polar surface area (TPSA) is 38.3 Å². The smallest absolute Gasteiger partial charge is 0.179 e. The molecule has 0 radical (unpaired) electrons. The first-order valence-electron chi connectivity index (χ1n) is 5.23. The van der Waals surface area contributed by atoms with Crippen LogP contribution in [0.2, 0.25) is 0 Å². The minimum Gasteiger partial charge on any atom is -0.497 e. The molecule has 1 aliphatic heterocycles. The van der Waals surface area contributed by atoms with Crippen LogP contribution in [-0.4, -0.2) is 25.5 Å². The average molecular weight is 205 g/mol. The fourth-order valence-electron chi connectivity index (χ4n) is 1.86. The number of methoxy groups -OCH3 is 1. The van der Waals surface area contributed by atoms with Crippen molar-refractivity contribution < 1.29 is 9.53 Å². The van der Waals surface area contributed by atoms with Crippen molar-refractivity contribution in [2.45, 2.75) is 18.9 Å². The van der Waals surface area contributed by atoms with Crippen LogP contribution in [-0.2, 0) is 0 Å². The minimum atomic E-state index is 0.0124. The van der Waals surface area contributed by atoms with Crippen molar-refractivity contribution in [1.82, 2.24) is 5.32 Å². The van der Waals surface area contributed by atoms with Crippen LogP contribution in [0.15, 0.2) is 24.3 Å². The second kappa shape index (κ2) is 4.45. The Morgan fingerprint density at radius 3 is 2.67 bits per heavy atom. The van der Waals surface area contributed by atoms with Gasteiger partial charge in [-0.2, -0.15) is 0 Å². The van der Waals surface area contributed by atoms with Gasteiger partial charge in [-0.3, -0.25) is 4.79 Å². The molecule has 1 aromatic rings. The van der Waals surface area contributed by atoms with Gasteiger partial charge in [0.15, 0.2) is 5.78 Å². The van der Waals surface area contributed by atoms with Crippen LogP contribution in [0.1, 0.15) is 23.2 Å². The summed E-state index contributed by atoms with van der Waals surface area (Å²) in [6.45, 7) is 0.951. The molecule has 1 heterocycles. The molecule has 1 saturated heterocycles. The molecule has 1 atom stereocenters. The number of carbonyl (C=O) groups excluding carboxylic acids is 1. The fraction of sp³-hybridized carbons (Fsp3) is 0.417. The predicted octanol–water partition coefficient (Wildman–Crippen LogP) is 1.63. The number of nitrogens with one attached hydrogen (secondary N) is 1. The summed E-state index contributed by atoms with van der Waals surface area (Å²) in [6.07, 6.45) is 2.04. The molecule has 3 nitrogen and oxygen atoms in total. The predicted molar refractivity (Wildman–Crippen MR) is 58.3 cm³/mol. The molecule has 1 aromatic carbocycles. The zero-order chi connectivity index (χ0) is 10.7. The lowest BCUT2D eigenvalue weighted by molar-refractivity contribution is 0.0952. The van der Waals surface area contributed by atoms with Crippen LogP contribution in [0.3, 0.4) is 0 Å². The molecule has 1 unspecified atom stereocenters. The number of carbonyl (C=O) groups is 1. The summed E-state index contributed by atoms with van der Waals surface area (Å²) in [6, 6.07) is 7.30. The first kappa shape index (κ1) is 10.2. The van der Waals surface area contributed by atoms with Gasteiger partial charge in [0, 0.05) is 5.56 Å². The quantitative estimate of drug-likeness (QED) is 0.762. The molecule has 0 aliphatic carbocycles. The molecular formula is C12H15NO2. The van der Waals surface area contributed by atoms with Gasteiger partial charge in [-0.15, -0.1) is 0 Å². The van der Waals surface area contributed by atoms with E-state index in [1.165, 1.54) is 0 Å². The Hall–Kier alpha value is -1.35. The highest BCUT2D eigenvalue weighted by molar-refractivity contribution is 6.00. The lowest BCUT2D eigenvalue weighted by Crippen LogP contribution is -2.30. The third kappa shape index (κ3) is 2.18. The molecule has 0 aromatic heterocycles.